The first-order valence-corrected chi connectivity index (χ1v) is 3.86. The number of nitrogens with one attached hydrogen (secondary N) is 1. The maximum Gasteiger partial charge on any atom is 0.238 e. The molecule has 0 aliphatic heterocycles. The molecule has 0 saturated heterocycles. The van der Waals surface area contributed by atoms with Gasteiger partial charge in [0.05, 0.1) is 11.8 Å². The fourth-order valence-electron chi connectivity index (χ4n) is 0.885. The zero-order valence-electron chi connectivity index (χ0n) is 7.35. The third-order valence-corrected chi connectivity index (χ3v) is 1.52. The number of hydrogen-bond acceptors (Lipinski definition) is 2. The van der Waals surface area contributed by atoms with Crippen molar-refractivity contribution < 1.29 is 18.0 Å². The van der Waals surface area contributed by atoms with E-state index in [9.17, 15) is 18.0 Å². The van der Waals surface area contributed by atoms with Crippen molar-refractivity contribution in [2.75, 3.05) is 5.32 Å². The summed E-state index contributed by atoms with van der Waals surface area (Å²) in [6.07, 6.45) is -0.488. The topological polar surface area (TPSA) is 52.9 Å². The van der Waals surface area contributed by atoms with Crippen molar-refractivity contribution in [3.05, 3.63) is 29.6 Å². The van der Waals surface area contributed by atoms with Gasteiger partial charge in [0.15, 0.2) is 11.6 Å². The fourth-order valence-corrected chi connectivity index (χ4v) is 0.885. The van der Waals surface area contributed by atoms with Crippen LogP contribution in [0, 0.1) is 28.8 Å². The normalized spacial score (nSPS) is 9.47. The Hall–Kier alpha value is -2.03. The van der Waals surface area contributed by atoms with E-state index in [4.69, 9.17) is 5.26 Å². The summed E-state index contributed by atoms with van der Waals surface area (Å²) >= 11 is 0. The lowest BCUT2D eigenvalue weighted by Crippen LogP contribution is -2.12. The lowest BCUT2D eigenvalue weighted by Gasteiger charge is -2.04. The smallest absolute Gasteiger partial charge is 0.238 e. The molecule has 0 saturated carbocycles. The molecule has 0 aliphatic rings. The van der Waals surface area contributed by atoms with Crippen molar-refractivity contribution in [2.24, 2.45) is 0 Å². The molecule has 1 N–H and O–H groups in total. The molecule has 15 heavy (non-hydrogen) atoms. The minimum atomic E-state index is -1.34. The lowest BCUT2D eigenvalue weighted by atomic mass is 10.2. The summed E-state index contributed by atoms with van der Waals surface area (Å²) < 4.78 is 38.0. The zero-order chi connectivity index (χ0) is 11.4. The molecule has 0 aromatic heterocycles. The van der Waals surface area contributed by atoms with E-state index in [1.807, 2.05) is 5.32 Å². The van der Waals surface area contributed by atoms with Crippen LogP contribution in [0.3, 0.4) is 0 Å². The molecule has 0 radical (unpaired) electrons. The minimum Gasteiger partial charge on any atom is -0.323 e. The van der Waals surface area contributed by atoms with Gasteiger partial charge in [-0.25, -0.2) is 13.2 Å². The van der Waals surface area contributed by atoms with Crippen LogP contribution in [-0.2, 0) is 4.79 Å². The molecule has 0 bridgehead atoms. The van der Waals surface area contributed by atoms with Crippen LogP contribution in [0.25, 0.3) is 0 Å². The first-order chi connectivity index (χ1) is 7.04. The standard InChI is InChI=1S/C9H5F3N2O/c10-5-3-7(12)8(4-6(5)11)14-9(15)1-2-13/h3-4H,1H2,(H,14,15). The van der Waals surface area contributed by atoms with E-state index in [2.05, 4.69) is 0 Å². The maximum atomic E-state index is 12.9. The van der Waals surface area contributed by atoms with E-state index in [-0.39, 0.29) is 0 Å². The summed E-state index contributed by atoms with van der Waals surface area (Å²) in [6.45, 7) is 0. The van der Waals surface area contributed by atoms with Gasteiger partial charge in [0.25, 0.3) is 0 Å². The summed E-state index contributed by atoms with van der Waals surface area (Å²) in [6, 6.07) is 2.36. The van der Waals surface area contributed by atoms with Crippen LogP contribution in [0.5, 0.6) is 0 Å². The van der Waals surface area contributed by atoms with Crippen molar-refractivity contribution in [1.82, 2.24) is 0 Å². The van der Waals surface area contributed by atoms with Gasteiger partial charge < -0.3 is 5.32 Å². The third kappa shape index (κ3) is 2.71. The number of anilines is 1. The van der Waals surface area contributed by atoms with Crippen molar-refractivity contribution in [3.63, 3.8) is 0 Å². The van der Waals surface area contributed by atoms with E-state index in [0.29, 0.717) is 12.1 Å². The Kier molecular flexibility index (Phi) is 3.29. The van der Waals surface area contributed by atoms with E-state index >= 15 is 0 Å². The second-order valence-electron chi connectivity index (χ2n) is 2.63. The van der Waals surface area contributed by atoms with Crippen molar-refractivity contribution in [1.29, 1.82) is 5.26 Å². The predicted octanol–water partition coefficient (Wildman–Crippen LogP) is 1.96. The number of nitrogens with zero attached hydrogens (tertiary/aromatic N) is 1. The van der Waals surface area contributed by atoms with Crippen molar-refractivity contribution >= 4 is 11.6 Å². The molecule has 3 nitrogen and oxygen atoms in total. The quantitative estimate of drug-likeness (QED) is 0.765. The molecule has 78 valence electrons. The van der Waals surface area contributed by atoms with Gasteiger partial charge in [0.1, 0.15) is 12.2 Å². The van der Waals surface area contributed by atoms with Gasteiger partial charge in [0.2, 0.25) is 5.91 Å². The largest absolute Gasteiger partial charge is 0.323 e. The number of carbonyl (C=O) groups is 1. The van der Waals surface area contributed by atoms with E-state index in [1.54, 1.807) is 0 Å². The lowest BCUT2D eigenvalue weighted by molar-refractivity contribution is -0.115. The number of halogens is 3. The number of benzene rings is 1. The van der Waals surface area contributed by atoms with Crippen LogP contribution < -0.4 is 5.32 Å². The zero-order valence-corrected chi connectivity index (χ0v) is 7.35. The second-order valence-corrected chi connectivity index (χ2v) is 2.63. The molecule has 0 heterocycles. The van der Waals surface area contributed by atoms with E-state index < -0.39 is 35.5 Å². The number of hydrogen-bond donors (Lipinski definition) is 1. The Morgan fingerprint density at radius 3 is 2.47 bits per heavy atom. The minimum absolute atomic E-state index is 0.317. The van der Waals surface area contributed by atoms with Gasteiger partial charge in [-0.05, 0) is 0 Å². The van der Waals surface area contributed by atoms with E-state index in [1.165, 1.54) is 6.07 Å². The monoisotopic (exact) mass is 214 g/mol. The highest BCUT2D eigenvalue weighted by Crippen LogP contribution is 2.18. The highest BCUT2D eigenvalue weighted by Gasteiger charge is 2.11. The maximum absolute atomic E-state index is 12.9. The Labute approximate surface area is 83.1 Å². The molecule has 1 aromatic carbocycles. The molecule has 0 unspecified atom stereocenters. The predicted molar refractivity (Wildman–Crippen MR) is 45.2 cm³/mol. The highest BCUT2D eigenvalue weighted by molar-refractivity contribution is 5.92. The Morgan fingerprint density at radius 2 is 1.87 bits per heavy atom. The molecule has 0 spiro atoms. The van der Waals surface area contributed by atoms with Gasteiger partial charge in [-0.1, -0.05) is 0 Å². The molecule has 1 amide bonds. The molecule has 0 aliphatic carbocycles. The van der Waals surface area contributed by atoms with Gasteiger partial charge in [-0.3, -0.25) is 4.79 Å². The van der Waals surface area contributed by atoms with Crippen molar-refractivity contribution in [2.45, 2.75) is 6.42 Å². The number of nitriles is 1. The van der Waals surface area contributed by atoms with Gasteiger partial charge in [0, 0.05) is 12.1 Å². The van der Waals surface area contributed by atoms with Crippen LogP contribution in [0.2, 0.25) is 0 Å². The first kappa shape index (κ1) is 11.0. The van der Waals surface area contributed by atoms with Crippen molar-refractivity contribution in [3.8, 4) is 6.07 Å². The van der Waals surface area contributed by atoms with Gasteiger partial charge >= 0.3 is 0 Å². The molecule has 0 fully saturated rings. The Bertz CT molecular complexity index is 440. The average molecular weight is 214 g/mol. The highest BCUT2D eigenvalue weighted by atomic mass is 19.2. The van der Waals surface area contributed by atoms with Crippen LogP contribution in [0.1, 0.15) is 6.42 Å². The van der Waals surface area contributed by atoms with Crippen LogP contribution in [0.15, 0.2) is 12.1 Å². The summed E-state index contributed by atoms with van der Waals surface area (Å²) in [5.41, 5.74) is -0.492. The third-order valence-electron chi connectivity index (χ3n) is 1.52. The summed E-state index contributed by atoms with van der Waals surface area (Å²) in [5.74, 6) is -4.50. The molecule has 1 rings (SSSR count). The summed E-state index contributed by atoms with van der Waals surface area (Å²) in [4.78, 5) is 10.8. The summed E-state index contributed by atoms with van der Waals surface area (Å²) in [5, 5.41) is 10.1. The number of rotatable bonds is 2. The number of carbonyl (C=O) groups excluding carboxylic acids is 1. The van der Waals surface area contributed by atoms with Crippen LogP contribution in [-0.4, -0.2) is 5.91 Å². The first-order valence-electron chi connectivity index (χ1n) is 3.86. The molecule has 0 atom stereocenters. The van der Waals surface area contributed by atoms with E-state index in [0.717, 1.165) is 0 Å². The summed E-state index contributed by atoms with van der Waals surface area (Å²) in [7, 11) is 0. The second kappa shape index (κ2) is 4.46. The fraction of sp³-hybridized carbons (Fsp3) is 0.111. The molecular formula is C9H5F3N2O. The number of amides is 1. The molecule has 6 heteroatoms. The molecular weight excluding hydrogens is 209 g/mol. The Morgan fingerprint density at radius 1 is 1.27 bits per heavy atom. The Balaban J connectivity index is 2.92. The van der Waals surface area contributed by atoms with Crippen LogP contribution >= 0.6 is 0 Å². The average Bonchev–Trinajstić information content (AvgIpc) is 2.14. The van der Waals surface area contributed by atoms with Gasteiger partial charge in [-0.15, -0.1) is 0 Å². The SMILES string of the molecule is N#CCC(=O)Nc1cc(F)c(F)cc1F. The molecule has 1 aromatic rings. The van der Waals surface area contributed by atoms with Crippen LogP contribution in [0.4, 0.5) is 18.9 Å². The van der Waals surface area contributed by atoms with Gasteiger partial charge in [-0.2, -0.15) is 5.26 Å².